The maximum Gasteiger partial charge on any atom is 0.254 e. The van der Waals surface area contributed by atoms with Crippen LogP contribution in [0.2, 0.25) is 0 Å². The van der Waals surface area contributed by atoms with Gasteiger partial charge in [0.2, 0.25) is 0 Å². The third kappa shape index (κ3) is 8.63. The van der Waals surface area contributed by atoms with Gasteiger partial charge in [-0.3, -0.25) is 4.79 Å². The Morgan fingerprint density at radius 3 is 2.36 bits per heavy atom. The van der Waals surface area contributed by atoms with E-state index in [2.05, 4.69) is 24.1 Å². The van der Waals surface area contributed by atoms with Crippen LogP contribution < -0.4 is 11.1 Å². The number of halogens is 2. The minimum absolute atomic E-state index is 0. The van der Waals surface area contributed by atoms with E-state index in [1.807, 2.05) is 0 Å². The first kappa shape index (κ1) is 23.5. The van der Waals surface area contributed by atoms with Gasteiger partial charge in [-0.05, 0) is 45.0 Å². The molecule has 0 spiro atoms. The van der Waals surface area contributed by atoms with E-state index >= 15 is 0 Å². The van der Waals surface area contributed by atoms with Crippen molar-refractivity contribution in [3.05, 3.63) is 23.7 Å². The van der Waals surface area contributed by atoms with Crippen molar-refractivity contribution in [1.82, 2.24) is 10.2 Å². The molecule has 5 nitrogen and oxygen atoms in total. The van der Waals surface area contributed by atoms with Gasteiger partial charge in [-0.15, -0.1) is 24.8 Å². The number of nitrogens with two attached hydrogens (primary N) is 1. The summed E-state index contributed by atoms with van der Waals surface area (Å²) in [6.07, 6.45) is 4.76. The van der Waals surface area contributed by atoms with Gasteiger partial charge in [-0.1, -0.05) is 13.8 Å². The molecule has 0 saturated carbocycles. The molecule has 0 unspecified atom stereocenters. The molecule has 0 aliphatic heterocycles. The second kappa shape index (κ2) is 13.9. The van der Waals surface area contributed by atoms with Gasteiger partial charge >= 0.3 is 0 Å². The molecule has 3 N–H and O–H groups in total. The fourth-order valence-corrected chi connectivity index (χ4v) is 2.18. The maximum absolute atomic E-state index is 11.8. The van der Waals surface area contributed by atoms with Crippen molar-refractivity contribution >= 4 is 30.7 Å². The highest BCUT2D eigenvalue weighted by Crippen LogP contribution is 2.06. The van der Waals surface area contributed by atoms with Crippen LogP contribution >= 0.6 is 24.8 Å². The van der Waals surface area contributed by atoms with Gasteiger partial charge in [0.05, 0.1) is 12.1 Å². The lowest BCUT2D eigenvalue weighted by atomic mass is 10.2. The molecular weight excluding hydrogens is 325 g/mol. The molecule has 1 aromatic rings. The first-order chi connectivity index (χ1) is 9.71. The summed E-state index contributed by atoms with van der Waals surface area (Å²) in [7, 11) is 0. The second-order valence-electron chi connectivity index (χ2n) is 4.96. The van der Waals surface area contributed by atoms with Crippen LogP contribution in [-0.2, 0) is 6.54 Å². The van der Waals surface area contributed by atoms with Crippen molar-refractivity contribution in [2.24, 2.45) is 5.73 Å². The van der Waals surface area contributed by atoms with Gasteiger partial charge in [0, 0.05) is 6.54 Å². The molecule has 0 fully saturated rings. The molecule has 1 heterocycles. The van der Waals surface area contributed by atoms with Gasteiger partial charge in [0.25, 0.3) is 5.91 Å². The van der Waals surface area contributed by atoms with Crippen molar-refractivity contribution in [3.63, 3.8) is 0 Å². The number of furan rings is 1. The Labute approximate surface area is 145 Å². The van der Waals surface area contributed by atoms with Crippen LogP contribution in [0, 0.1) is 0 Å². The summed E-state index contributed by atoms with van der Waals surface area (Å²) >= 11 is 0. The monoisotopic (exact) mass is 353 g/mol. The van der Waals surface area contributed by atoms with E-state index in [9.17, 15) is 4.79 Å². The zero-order valence-corrected chi connectivity index (χ0v) is 15.1. The number of nitrogens with zero attached hydrogens (tertiary/aromatic N) is 1. The largest absolute Gasteiger partial charge is 0.467 e. The standard InChI is InChI=1S/C15H27N3O2.2ClH/c1-3-7-18(8-4-2)9-5-6-17-15(19)13-10-14(11-16)20-12-13;;/h10,12H,3-9,11,16H2,1-2H3,(H,17,19);2*1H. The summed E-state index contributed by atoms with van der Waals surface area (Å²) in [5.74, 6) is 0.540. The molecule has 0 aliphatic carbocycles. The van der Waals surface area contributed by atoms with Crippen molar-refractivity contribution in [2.45, 2.75) is 39.7 Å². The van der Waals surface area contributed by atoms with Crippen LogP contribution in [0.3, 0.4) is 0 Å². The van der Waals surface area contributed by atoms with Gasteiger partial charge < -0.3 is 20.4 Å². The maximum atomic E-state index is 11.8. The van der Waals surface area contributed by atoms with Crippen LogP contribution in [0.5, 0.6) is 0 Å². The normalized spacial score (nSPS) is 10.0. The fourth-order valence-electron chi connectivity index (χ4n) is 2.18. The topological polar surface area (TPSA) is 71.5 Å². The lowest BCUT2D eigenvalue weighted by molar-refractivity contribution is 0.0951. The molecule has 0 saturated heterocycles. The van der Waals surface area contributed by atoms with Crippen molar-refractivity contribution in [3.8, 4) is 0 Å². The smallest absolute Gasteiger partial charge is 0.254 e. The Balaban J connectivity index is 0. The van der Waals surface area contributed by atoms with Crippen LogP contribution in [-0.4, -0.2) is 37.0 Å². The van der Waals surface area contributed by atoms with Crippen molar-refractivity contribution < 1.29 is 9.21 Å². The highest BCUT2D eigenvalue weighted by Gasteiger charge is 2.09. The Bertz CT molecular complexity index is 394. The highest BCUT2D eigenvalue weighted by molar-refractivity contribution is 5.93. The molecule has 1 amide bonds. The number of carbonyl (C=O) groups is 1. The molecule has 0 aliphatic rings. The molecule has 0 bridgehead atoms. The third-order valence-corrected chi connectivity index (χ3v) is 3.13. The number of carbonyl (C=O) groups excluding carboxylic acids is 1. The predicted molar refractivity (Wildman–Crippen MR) is 95.1 cm³/mol. The van der Waals surface area contributed by atoms with Crippen molar-refractivity contribution in [2.75, 3.05) is 26.2 Å². The van der Waals surface area contributed by atoms with E-state index in [0.29, 0.717) is 24.4 Å². The average molecular weight is 354 g/mol. The second-order valence-corrected chi connectivity index (χ2v) is 4.96. The number of rotatable bonds is 10. The number of nitrogens with one attached hydrogen (secondary N) is 1. The number of hydrogen-bond donors (Lipinski definition) is 2. The Morgan fingerprint density at radius 1 is 1.23 bits per heavy atom. The number of amides is 1. The number of hydrogen-bond acceptors (Lipinski definition) is 4. The SMILES string of the molecule is CCCN(CCC)CCCNC(=O)c1coc(CN)c1.Cl.Cl. The summed E-state index contributed by atoms with van der Waals surface area (Å²) in [6, 6.07) is 1.69. The van der Waals surface area contributed by atoms with E-state index in [1.54, 1.807) is 6.07 Å². The Morgan fingerprint density at radius 2 is 1.86 bits per heavy atom. The Kier molecular flexibility index (Phi) is 14.8. The summed E-state index contributed by atoms with van der Waals surface area (Å²) in [5, 5.41) is 2.91. The lowest BCUT2D eigenvalue weighted by Crippen LogP contribution is -2.31. The van der Waals surface area contributed by atoms with E-state index < -0.39 is 0 Å². The van der Waals surface area contributed by atoms with Gasteiger partial charge in [0.15, 0.2) is 0 Å². The first-order valence-electron chi connectivity index (χ1n) is 7.49. The minimum Gasteiger partial charge on any atom is -0.467 e. The molecule has 130 valence electrons. The van der Waals surface area contributed by atoms with Crippen molar-refractivity contribution in [1.29, 1.82) is 0 Å². The molecule has 1 aromatic heterocycles. The summed E-state index contributed by atoms with van der Waals surface area (Å²) in [5.41, 5.74) is 5.99. The van der Waals surface area contributed by atoms with E-state index in [4.69, 9.17) is 10.2 Å². The van der Waals surface area contributed by atoms with Crippen LogP contribution in [0.4, 0.5) is 0 Å². The molecule has 0 aromatic carbocycles. The van der Waals surface area contributed by atoms with E-state index in [1.165, 1.54) is 19.1 Å². The zero-order valence-electron chi connectivity index (χ0n) is 13.5. The summed E-state index contributed by atoms with van der Waals surface area (Å²) < 4.78 is 5.15. The van der Waals surface area contributed by atoms with Gasteiger partial charge in [-0.25, -0.2) is 0 Å². The first-order valence-corrected chi connectivity index (χ1v) is 7.49. The third-order valence-electron chi connectivity index (χ3n) is 3.13. The molecule has 22 heavy (non-hydrogen) atoms. The van der Waals surface area contributed by atoms with Crippen LogP contribution in [0.1, 0.15) is 49.2 Å². The molecule has 0 atom stereocenters. The molecule has 7 heteroatoms. The summed E-state index contributed by atoms with van der Waals surface area (Å²) in [4.78, 5) is 14.3. The van der Waals surface area contributed by atoms with Crippen LogP contribution in [0.25, 0.3) is 0 Å². The van der Waals surface area contributed by atoms with Gasteiger partial charge in [-0.2, -0.15) is 0 Å². The Hall–Kier alpha value is -0.750. The predicted octanol–water partition coefficient (Wildman–Crippen LogP) is 2.82. The average Bonchev–Trinajstić information content (AvgIpc) is 2.92. The van der Waals surface area contributed by atoms with Crippen LogP contribution in [0.15, 0.2) is 16.7 Å². The molecule has 1 rings (SSSR count). The zero-order chi connectivity index (χ0) is 14.8. The highest BCUT2D eigenvalue weighted by atomic mass is 35.5. The van der Waals surface area contributed by atoms with E-state index in [0.717, 1.165) is 26.1 Å². The summed E-state index contributed by atoms with van der Waals surface area (Å²) in [6.45, 7) is 8.67. The minimum atomic E-state index is -0.0917. The lowest BCUT2D eigenvalue weighted by Gasteiger charge is -2.20. The van der Waals surface area contributed by atoms with Gasteiger partial charge in [0.1, 0.15) is 12.0 Å². The fraction of sp³-hybridized carbons (Fsp3) is 0.667. The van der Waals surface area contributed by atoms with E-state index in [-0.39, 0.29) is 30.7 Å². The quantitative estimate of drug-likeness (QED) is 0.634. The molecule has 0 radical (unpaired) electrons. The molecular formula is C15H29Cl2N3O2.